The van der Waals surface area contributed by atoms with Crippen LogP contribution in [0.5, 0.6) is 0 Å². The lowest BCUT2D eigenvalue weighted by atomic mass is 9.93. The van der Waals surface area contributed by atoms with Crippen LogP contribution in [0.15, 0.2) is 24.4 Å². The molecule has 2 aromatic rings. The second kappa shape index (κ2) is 8.31. The molecule has 1 aliphatic rings. The highest BCUT2D eigenvalue weighted by molar-refractivity contribution is 5.98. The fourth-order valence-corrected chi connectivity index (χ4v) is 3.36. The lowest BCUT2D eigenvalue weighted by Crippen LogP contribution is -2.43. The van der Waals surface area contributed by atoms with Gasteiger partial charge in [-0.15, -0.1) is 0 Å². The molecular weight excluding hydrogens is 411 g/mol. The van der Waals surface area contributed by atoms with Gasteiger partial charge in [-0.05, 0) is 50.5 Å². The van der Waals surface area contributed by atoms with Crippen molar-refractivity contribution in [3.8, 4) is 0 Å². The summed E-state index contributed by atoms with van der Waals surface area (Å²) in [6, 6.07) is 3.38. The molecule has 2 heterocycles. The third kappa shape index (κ3) is 5.42. The molecule has 0 bridgehead atoms. The molecule has 0 saturated carbocycles. The molecule has 1 fully saturated rings. The smallest absolute Gasteiger partial charge is 0.365 e. The van der Waals surface area contributed by atoms with E-state index in [0.29, 0.717) is 19.0 Å². The van der Waals surface area contributed by atoms with Gasteiger partial charge in [0.05, 0.1) is 5.56 Å². The van der Waals surface area contributed by atoms with Crippen molar-refractivity contribution < 1.29 is 18.0 Å². The first-order valence-electron chi connectivity index (χ1n) is 9.80. The maximum atomic E-state index is 13.4. The van der Waals surface area contributed by atoms with Gasteiger partial charge in [-0.25, -0.2) is 4.98 Å². The number of halogens is 3. The highest BCUT2D eigenvalue weighted by atomic mass is 19.4. The van der Waals surface area contributed by atoms with Crippen LogP contribution in [-0.2, 0) is 11.7 Å². The van der Waals surface area contributed by atoms with Crippen molar-refractivity contribution in [1.82, 2.24) is 9.97 Å². The normalized spacial score (nSPS) is 17.5. The maximum absolute atomic E-state index is 13.4. The number of amides is 1. The third-order valence-electron chi connectivity index (χ3n) is 5.05. The average molecular weight is 437 g/mol. The molecule has 1 aliphatic heterocycles. The fourth-order valence-electron chi connectivity index (χ4n) is 3.36. The van der Waals surface area contributed by atoms with E-state index >= 15 is 0 Å². The molecular formula is C20H26F3N7O. The van der Waals surface area contributed by atoms with Gasteiger partial charge in [0.15, 0.2) is 0 Å². The van der Waals surface area contributed by atoms with Crippen molar-refractivity contribution in [1.29, 1.82) is 0 Å². The van der Waals surface area contributed by atoms with E-state index in [-0.39, 0.29) is 28.7 Å². The minimum absolute atomic E-state index is 0.0109. The van der Waals surface area contributed by atoms with E-state index in [0.717, 1.165) is 25.0 Å². The largest absolute Gasteiger partial charge is 0.416 e. The molecule has 11 heteroatoms. The van der Waals surface area contributed by atoms with Crippen molar-refractivity contribution in [2.45, 2.75) is 44.4 Å². The Kier molecular flexibility index (Phi) is 6.10. The number of hydrogen-bond donors (Lipinski definition) is 4. The van der Waals surface area contributed by atoms with Crippen molar-refractivity contribution >= 4 is 23.4 Å². The summed E-state index contributed by atoms with van der Waals surface area (Å²) in [4.78, 5) is 22.3. The van der Waals surface area contributed by atoms with Crippen LogP contribution in [0, 0.1) is 0 Å². The summed E-state index contributed by atoms with van der Waals surface area (Å²) >= 11 is 0. The Hall–Kier alpha value is -2.92. The molecule has 1 saturated heterocycles. The minimum atomic E-state index is -4.58. The summed E-state index contributed by atoms with van der Waals surface area (Å²) in [5.41, 5.74) is 15.9. The van der Waals surface area contributed by atoms with Crippen LogP contribution in [0.2, 0.25) is 0 Å². The summed E-state index contributed by atoms with van der Waals surface area (Å²) in [5, 5.41) is 2.80. The molecule has 1 aromatic carbocycles. The van der Waals surface area contributed by atoms with Crippen LogP contribution in [0.4, 0.5) is 30.6 Å². The number of rotatable bonds is 5. The number of aromatic nitrogens is 2. The predicted molar refractivity (Wildman–Crippen MR) is 112 cm³/mol. The number of carbonyl (C=O) groups excluding carboxylic acids is 1. The summed E-state index contributed by atoms with van der Waals surface area (Å²) < 4.78 is 40.3. The zero-order valence-corrected chi connectivity index (χ0v) is 17.3. The van der Waals surface area contributed by atoms with E-state index in [1.165, 1.54) is 12.3 Å². The molecule has 7 N–H and O–H groups in total. The molecule has 3 rings (SSSR count). The first-order valence-corrected chi connectivity index (χ1v) is 9.80. The first kappa shape index (κ1) is 22.8. The Morgan fingerprint density at radius 1 is 1.23 bits per heavy atom. The molecule has 31 heavy (non-hydrogen) atoms. The second-order valence-electron chi connectivity index (χ2n) is 8.29. The second-order valence-corrected chi connectivity index (χ2v) is 8.29. The third-order valence-corrected chi connectivity index (χ3v) is 5.05. The average Bonchev–Trinajstić information content (AvgIpc) is 2.66. The zero-order chi connectivity index (χ0) is 23.0. The van der Waals surface area contributed by atoms with Crippen molar-refractivity contribution in [3.63, 3.8) is 0 Å². The Labute approximate surface area is 178 Å². The summed E-state index contributed by atoms with van der Waals surface area (Å²) in [6.07, 6.45) is -1.59. The van der Waals surface area contributed by atoms with E-state index in [1.807, 2.05) is 4.90 Å². The SMILES string of the molecule is CC(C)(N)c1cc(Nc2nc(N3CCCC(N)C3)ncc2C(N)=O)cc(C(F)(F)F)c1. The number of carbonyl (C=O) groups is 1. The van der Waals surface area contributed by atoms with Gasteiger partial charge in [-0.2, -0.15) is 18.2 Å². The van der Waals surface area contributed by atoms with Crippen LogP contribution in [0.1, 0.15) is 48.2 Å². The number of hydrogen-bond acceptors (Lipinski definition) is 7. The van der Waals surface area contributed by atoms with Gasteiger partial charge in [0.25, 0.3) is 5.91 Å². The quantitative estimate of drug-likeness (QED) is 0.564. The molecule has 1 aromatic heterocycles. The van der Waals surface area contributed by atoms with Gasteiger partial charge >= 0.3 is 6.18 Å². The number of alkyl halides is 3. The number of anilines is 3. The van der Waals surface area contributed by atoms with Gasteiger partial charge in [0, 0.05) is 36.6 Å². The highest BCUT2D eigenvalue weighted by Crippen LogP contribution is 2.35. The predicted octanol–water partition coefficient (Wildman–Crippen LogP) is 2.46. The monoisotopic (exact) mass is 437 g/mol. The van der Waals surface area contributed by atoms with Crippen LogP contribution < -0.4 is 27.4 Å². The minimum Gasteiger partial charge on any atom is -0.365 e. The fraction of sp³-hybridized carbons (Fsp3) is 0.450. The van der Waals surface area contributed by atoms with Crippen molar-refractivity contribution in [2.75, 3.05) is 23.3 Å². The van der Waals surface area contributed by atoms with Crippen LogP contribution >= 0.6 is 0 Å². The van der Waals surface area contributed by atoms with Gasteiger partial charge in [-0.3, -0.25) is 4.79 Å². The van der Waals surface area contributed by atoms with E-state index in [1.54, 1.807) is 13.8 Å². The summed E-state index contributed by atoms with van der Waals surface area (Å²) in [6.45, 7) is 4.41. The number of primary amides is 1. The van der Waals surface area contributed by atoms with Crippen LogP contribution in [0.25, 0.3) is 0 Å². The first-order chi connectivity index (χ1) is 14.3. The van der Waals surface area contributed by atoms with Gasteiger partial charge < -0.3 is 27.4 Å². The van der Waals surface area contributed by atoms with E-state index < -0.39 is 23.2 Å². The molecule has 0 spiro atoms. The van der Waals surface area contributed by atoms with E-state index in [2.05, 4.69) is 15.3 Å². The Balaban J connectivity index is 2.04. The van der Waals surface area contributed by atoms with E-state index in [9.17, 15) is 18.0 Å². The maximum Gasteiger partial charge on any atom is 0.416 e. The number of nitrogens with two attached hydrogens (primary N) is 3. The van der Waals surface area contributed by atoms with Gasteiger partial charge in [0.1, 0.15) is 11.4 Å². The Morgan fingerprint density at radius 3 is 2.48 bits per heavy atom. The zero-order valence-electron chi connectivity index (χ0n) is 17.3. The molecule has 1 atom stereocenters. The van der Waals surface area contributed by atoms with Crippen molar-refractivity contribution in [3.05, 3.63) is 41.1 Å². The lowest BCUT2D eigenvalue weighted by molar-refractivity contribution is -0.137. The highest BCUT2D eigenvalue weighted by Gasteiger charge is 2.33. The molecule has 0 aliphatic carbocycles. The Bertz CT molecular complexity index is 940. The summed E-state index contributed by atoms with van der Waals surface area (Å²) in [5.74, 6) is -0.485. The standard InChI is InChI=1S/C20H26F3N7O/c1-19(2,26)11-6-12(20(21,22)23)8-14(7-11)28-17-15(16(25)31)9-27-18(29-17)30-5-3-4-13(24)10-30/h6-9,13H,3-5,10,24,26H2,1-2H3,(H2,25,31)(H,27,28,29). The topological polar surface area (TPSA) is 136 Å². The van der Waals surface area contributed by atoms with E-state index in [4.69, 9.17) is 17.2 Å². The van der Waals surface area contributed by atoms with Crippen LogP contribution in [-0.4, -0.2) is 35.0 Å². The number of piperidine rings is 1. The lowest BCUT2D eigenvalue weighted by Gasteiger charge is -2.31. The molecule has 8 nitrogen and oxygen atoms in total. The molecule has 1 unspecified atom stereocenters. The number of nitrogens with one attached hydrogen (secondary N) is 1. The Morgan fingerprint density at radius 2 is 1.90 bits per heavy atom. The molecule has 168 valence electrons. The van der Waals surface area contributed by atoms with Gasteiger partial charge in [-0.1, -0.05) is 0 Å². The number of benzene rings is 1. The summed E-state index contributed by atoms with van der Waals surface area (Å²) in [7, 11) is 0. The number of nitrogens with zero attached hydrogens (tertiary/aromatic N) is 3. The molecule has 1 amide bonds. The van der Waals surface area contributed by atoms with Crippen molar-refractivity contribution in [2.24, 2.45) is 17.2 Å². The van der Waals surface area contributed by atoms with Gasteiger partial charge in [0.2, 0.25) is 5.95 Å². The van der Waals surface area contributed by atoms with Crippen LogP contribution in [0.3, 0.4) is 0 Å². The molecule has 0 radical (unpaired) electrons.